The molecule has 5 heteroatoms. The fourth-order valence-electron chi connectivity index (χ4n) is 2.62. The molecule has 0 amide bonds. The predicted octanol–water partition coefficient (Wildman–Crippen LogP) is -0.372. The lowest BCUT2D eigenvalue weighted by Crippen LogP contribution is -2.27. The zero-order chi connectivity index (χ0) is 9.16. The Labute approximate surface area is 74.2 Å². The van der Waals surface area contributed by atoms with Crippen molar-refractivity contribution < 1.29 is 0 Å². The third-order valence-electron chi connectivity index (χ3n) is 3.27. The molecule has 0 radical (unpaired) electrons. The SMILES string of the molecule is Cn1c(=O)n2n(c1=O)[C@H]1CC[C@H]2C1. The Hall–Kier alpha value is -1.26. The lowest BCUT2D eigenvalue weighted by molar-refractivity contribution is 0.374. The standard InChI is InChI=1S/C8H11N3O2/c1-9-7(12)10-5-2-3-6(4-5)11(10)8(9)13/h5-6H,2-4H2,1H3/t5-,6-/m0/s1. The molecule has 2 aliphatic rings. The van der Waals surface area contributed by atoms with Crippen molar-refractivity contribution in [3.63, 3.8) is 0 Å². The van der Waals surface area contributed by atoms with Crippen LogP contribution in [0.15, 0.2) is 9.59 Å². The maximum atomic E-state index is 11.6. The molecule has 2 atom stereocenters. The van der Waals surface area contributed by atoms with Crippen LogP contribution in [-0.4, -0.2) is 13.9 Å². The fraction of sp³-hybridized carbons (Fsp3) is 0.750. The summed E-state index contributed by atoms with van der Waals surface area (Å²) in [5.74, 6) is 0. The maximum absolute atomic E-state index is 11.6. The van der Waals surface area contributed by atoms with Gasteiger partial charge in [-0.1, -0.05) is 0 Å². The highest BCUT2D eigenvalue weighted by molar-refractivity contribution is 4.94. The van der Waals surface area contributed by atoms with E-state index in [9.17, 15) is 9.59 Å². The molecule has 2 heterocycles. The van der Waals surface area contributed by atoms with Gasteiger partial charge in [-0.3, -0.25) is 0 Å². The Morgan fingerprint density at radius 3 is 2.00 bits per heavy atom. The molecule has 0 N–H and O–H groups in total. The third kappa shape index (κ3) is 0.642. The molecule has 1 saturated carbocycles. The van der Waals surface area contributed by atoms with E-state index in [2.05, 4.69) is 0 Å². The first kappa shape index (κ1) is 7.17. The Balaban J connectivity index is 2.44. The van der Waals surface area contributed by atoms with E-state index in [4.69, 9.17) is 0 Å². The van der Waals surface area contributed by atoms with Crippen LogP contribution in [0.5, 0.6) is 0 Å². The summed E-state index contributed by atoms with van der Waals surface area (Å²) in [6, 6.07) is 0.567. The van der Waals surface area contributed by atoms with Crippen LogP contribution >= 0.6 is 0 Å². The molecule has 0 spiro atoms. The van der Waals surface area contributed by atoms with Crippen LogP contribution in [0.3, 0.4) is 0 Å². The van der Waals surface area contributed by atoms with Crippen LogP contribution in [0.1, 0.15) is 31.3 Å². The summed E-state index contributed by atoms with van der Waals surface area (Å²) in [4.78, 5) is 23.2. The van der Waals surface area contributed by atoms with Crippen molar-refractivity contribution in [2.75, 3.05) is 0 Å². The first-order valence-corrected chi connectivity index (χ1v) is 4.60. The number of aromatic nitrogens is 3. The van der Waals surface area contributed by atoms with Crippen LogP contribution in [0, 0.1) is 0 Å². The molecule has 1 aliphatic carbocycles. The van der Waals surface area contributed by atoms with Crippen molar-refractivity contribution in [1.29, 1.82) is 0 Å². The molecule has 3 rings (SSSR count). The van der Waals surface area contributed by atoms with E-state index < -0.39 is 0 Å². The van der Waals surface area contributed by atoms with Crippen molar-refractivity contribution in [1.82, 2.24) is 13.9 Å². The number of fused-ring (bicyclic) bond motifs is 5. The van der Waals surface area contributed by atoms with E-state index in [-0.39, 0.29) is 23.5 Å². The van der Waals surface area contributed by atoms with Crippen molar-refractivity contribution in [2.45, 2.75) is 31.3 Å². The number of hydrogen-bond acceptors (Lipinski definition) is 2. The molecule has 0 unspecified atom stereocenters. The second kappa shape index (κ2) is 1.97. The minimum atomic E-state index is -0.155. The average Bonchev–Trinajstić information content (AvgIpc) is 2.76. The summed E-state index contributed by atoms with van der Waals surface area (Å²) in [5, 5.41) is 0. The highest BCUT2D eigenvalue weighted by Crippen LogP contribution is 2.41. The highest BCUT2D eigenvalue weighted by Gasteiger charge is 2.40. The summed E-state index contributed by atoms with van der Waals surface area (Å²) < 4.78 is 4.47. The summed E-state index contributed by atoms with van der Waals surface area (Å²) in [7, 11) is 1.54. The first-order chi connectivity index (χ1) is 6.20. The van der Waals surface area contributed by atoms with Gasteiger partial charge in [0.05, 0.1) is 12.1 Å². The van der Waals surface area contributed by atoms with Gasteiger partial charge in [-0.15, -0.1) is 0 Å². The van der Waals surface area contributed by atoms with E-state index in [1.165, 1.54) is 4.57 Å². The molecule has 1 aliphatic heterocycles. The number of nitrogens with zero attached hydrogens (tertiary/aromatic N) is 3. The zero-order valence-corrected chi connectivity index (χ0v) is 7.43. The second-order valence-corrected chi connectivity index (χ2v) is 3.93. The molecule has 13 heavy (non-hydrogen) atoms. The Morgan fingerprint density at radius 2 is 1.54 bits per heavy atom. The van der Waals surface area contributed by atoms with Crippen molar-refractivity contribution in [3.8, 4) is 0 Å². The average molecular weight is 181 g/mol. The van der Waals surface area contributed by atoms with Gasteiger partial charge >= 0.3 is 11.4 Å². The quantitative estimate of drug-likeness (QED) is 0.548. The van der Waals surface area contributed by atoms with Gasteiger partial charge in [0.25, 0.3) is 0 Å². The predicted molar refractivity (Wildman–Crippen MR) is 45.9 cm³/mol. The van der Waals surface area contributed by atoms with Gasteiger partial charge in [-0.05, 0) is 19.3 Å². The van der Waals surface area contributed by atoms with Crippen molar-refractivity contribution >= 4 is 0 Å². The summed E-state index contributed by atoms with van der Waals surface area (Å²) in [6.45, 7) is 0. The largest absolute Gasteiger partial charge is 0.347 e. The van der Waals surface area contributed by atoms with Gasteiger partial charge in [-0.2, -0.15) is 0 Å². The molecule has 1 aromatic heterocycles. The van der Waals surface area contributed by atoms with E-state index >= 15 is 0 Å². The van der Waals surface area contributed by atoms with Gasteiger partial charge in [0, 0.05) is 7.05 Å². The monoisotopic (exact) mass is 181 g/mol. The molecular formula is C8H11N3O2. The normalized spacial score (nSPS) is 29.6. The third-order valence-corrected chi connectivity index (χ3v) is 3.27. The molecule has 5 nitrogen and oxygen atoms in total. The Kier molecular flexibility index (Phi) is 1.09. The smallest absolute Gasteiger partial charge is 0.246 e. The van der Waals surface area contributed by atoms with Crippen LogP contribution in [-0.2, 0) is 7.05 Å². The van der Waals surface area contributed by atoms with Crippen molar-refractivity contribution in [2.24, 2.45) is 7.05 Å². The van der Waals surface area contributed by atoms with Gasteiger partial charge in [0.1, 0.15) is 0 Å². The topological polar surface area (TPSA) is 48.9 Å². The fourth-order valence-corrected chi connectivity index (χ4v) is 2.62. The minimum Gasteiger partial charge on any atom is -0.246 e. The first-order valence-electron chi connectivity index (χ1n) is 4.60. The van der Waals surface area contributed by atoms with Gasteiger partial charge < -0.3 is 0 Å². The number of hydrogen-bond donors (Lipinski definition) is 0. The van der Waals surface area contributed by atoms with Crippen molar-refractivity contribution in [3.05, 3.63) is 21.0 Å². The Morgan fingerprint density at radius 1 is 1.08 bits per heavy atom. The minimum absolute atomic E-state index is 0.155. The second-order valence-electron chi connectivity index (χ2n) is 3.93. The highest BCUT2D eigenvalue weighted by atomic mass is 16.2. The molecule has 70 valence electrons. The van der Waals surface area contributed by atoms with E-state index in [0.29, 0.717) is 0 Å². The van der Waals surface area contributed by atoms with Gasteiger partial charge in [0.15, 0.2) is 0 Å². The summed E-state index contributed by atoms with van der Waals surface area (Å²) in [6.07, 6.45) is 3.08. The Bertz CT molecular complexity index is 437. The molecule has 2 bridgehead atoms. The van der Waals surface area contributed by atoms with E-state index in [1.807, 2.05) is 0 Å². The molecule has 1 fully saturated rings. The van der Waals surface area contributed by atoms with E-state index in [1.54, 1.807) is 16.4 Å². The number of rotatable bonds is 0. The summed E-state index contributed by atoms with van der Waals surface area (Å²) >= 11 is 0. The zero-order valence-electron chi connectivity index (χ0n) is 7.43. The molecule has 0 aromatic carbocycles. The lowest BCUT2D eigenvalue weighted by atomic mass is 10.3. The maximum Gasteiger partial charge on any atom is 0.347 e. The summed E-state index contributed by atoms with van der Waals surface area (Å²) in [5.41, 5.74) is -0.311. The van der Waals surface area contributed by atoms with E-state index in [0.717, 1.165) is 19.3 Å². The van der Waals surface area contributed by atoms with Gasteiger partial charge in [0.2, 0.25) is 0 Å². The van der Waals surface area contributed by atoms with Crippen LogP contribution < -0.4 is 11.4 Å². The molecular weight excluding hydrogens is 170 g/mol. The van der Waals surface area contributed by atoms with Crippen LogP contribution in [0.25, 0.3) is 0 Å². The van der Waals surface area contributed by atoms with Gasteiger partial charge in [-0.25, -0.2) is 23.5 Å². The van der Waals surface area contributed by atoms with Crippen LogP contribution in [0.4, 0.5) is 0 Å². The molecule has 1 aromatic rings. The lowest BCUT2D eigenvalue weighted by Gasteiger charge is -2.13. The molecule has 0 saturated heterocycles. The van der Waals surface area contributed by atoms with Crippen LogP contribution in [0.2, 0.25) is 0 Å².